The van der Waals surface area contributed by atoms with Crippen molar-refractivity contribution in [1.82, 2.24) is 14.9 Å². The summed E-state index contributed by atoms with van der Waals surface area (Å²) in [6, 6.07) is 1.62. The highest BCUT2D eigenvalue weighted by Gasteiger charge is 2.26. The highest BCUT2D eigenvalue weighted by molar-refractivity contribution is 5.38. The second-order valence-electron chi connectivity index (χ2n) is 5.55. The van der Waals surface area contributed by atoms with Crippen LogP contribution in [0.5, 0.6) is 0 Å². The van der Waals surface area contributed by atoms with Gasteiger partial charge in [0, 0.05) is 31.6 Å². The number of H-pyrrole nitrogens is 1. The molecular formula is C14H24N4O. The lowest BCUT2D eigenvalue weighted by Gasteiger charge is -2.25. The zero-order valence-electron chi connectivity index (χ0n) is 12.1. The van der Waals surface area contributed by atoms with Crippen LogP contribution in [-0.4, -0.2) is 48.6 Å². The molecule has 0 bridgehead atoms. The zero-order valence-corrected chi connectivity index (χ0v) is 12.1. The molecule has 5 heteroatoms. The largest absolute Gasteiger partial charge is 0.355 e. The summed E-state index contributed by atoms with van der Waals surface area (Å²) in [5.41, 5.74) is -0.0298. The van der Waals surface area contributed by atoms with Crippen LogP contribution in [0.2, 0.25) is 0 Å². The van der Waals surface area contributed by atoms with Gasteiger partial charge in [0.1, 0.15) is 11.6 Å². The van der Waals surface area contributed by atoms with Gasteiger partial charge in [-0.05, 0) is 33.4 Å². The highest BCUT2D eigenvalue weighted by atomic mass is 16.1. The predicted octanol–water partition coefficient (Wildman–Crippen LogP) is 1.43. The van der Waals surface area contributed by atoms with Crippen molar-refractivity contribution < 1.29 is 0 Å². The molecule has 0 atom stereocenters. The molecule has 1 saturated carbocycles. The third kappa shape index (κ3) is 4.06. The summed E-state index contributed by atoms with van der Waals surface area (Å²) in [5.74, 6) is 2.17. The van der Waals surface area contributed by atoms with Gasteiger partial charge in [0.15, 0.2) is 0 Å². The summed E-state index contributed by atoms with van der Waals surface area (Å²) >= 11 is 0. The van der Waals surface area contributed by atoms with Crippen LogP contribution in [0.15, 0.2) is 10.9 Å². The van der Waals surface area contributed by atoms with Gasteiger partial charge in [0.05, 0.1) is 0 Å². The number of aromatic amines is 1. The van der Waals surface area contributed by atoms with E-state index < -0.39 is 0 Å². The Morgan fingerprint density at radius 2 is 2.05 bits per heavy atom. The van der Waals surface area contributed by atoms with E-state index in [2.05, 4.69) is 40.8 Å². The molecule has 1 fully saturated rings. The topological polar surface area (TPSA) is 52.2 Å². The van der Waals surface area contributed by atoms with Gasteiger partial charge in [-0.3, -0.25) is 4.79 Å². The summed E-state index contributed by atoms with van der Waals surface area (Å²) in [7, 11) is 4.12. The number of likely N-dealkylation sites (N-methyl/N-ethyl adjacent to an activating group) is 1. The van der Waals surface area contributed by atoms with Gasteiger partial charge in [-0.25, -0.2) is 4.98 Å². The van der Waals surface area contributed by atoms with E-state index in [1.54, 1.807) is 6.07 Å². The molecule has 106 valence electrons. The third-order valence-corrected chi connectivity index (χ3v) is 3.35. The molecule has 0 saturated heterocycles. The van der Waals surface area contributed by atoms with Gasteiger partial charge in [0.25, 0.3) is 5.56 Å². The number of anilines is 1. The average Bonchev–Trinajstić information content (AvgIpc) is 3.17. The molecule has 1 N–H and O–H groups in total. The zero-order chi connectivity index (χ0) is 13.8. The average molecular weight is 264 g/mol. The molecule has 0 aliphatic heterocycles. The van der Waals surface area contributed by atoms with Gasteiger partial charge in [0.2, 0.25) is 0 Å². The van der Waals surface area contributed by atoms with E-state index in [0.717, 1.165) is 50.5 Å². The standard InChI is InChI=1S/C14H24N4O/c1-4-7-18(9-8-17(2)3)12-10-13(19)16-14(15-12)11-5-6-11/h10-11H,4-9H2,1-3H3,(H,15,16,19). The quantitative estimate of drug-likeness (QED) is 0.809. The molecule has 1 aliphatic carbocycles. The highest BCUT2D eigenvalue weighted by Crippen LogP contribution is 2.37. The molecule has 5 nitrogen and oxygen atoms in total. The van der Waals surface area contributed by atoms with Crippen LogP contribution >= 0.6 is 0 Å². The molecule has 2 rings (SSSR count). The van der Waals surface area contributed by atoms with Crippen molar-refractivity contribution in [2.75, 3.05) is 38.6 Å². The number of aromatic nitrogens is 2. The van der Waals surface area contributed by atoms with Gasteiger partial charge in [-0.1, -0.05) is 6.92 Å². The van der Waals surface area contributed by atoms with Crippen LogP contribution in [0.25, 0.3) is 0 Å². The maximum absolute atomic E-state index is 11.8. The summed E-state index contributed by atoms with van der Waals surface area (Å²) in [6.45, 7) is 4.96. The number of rotatable bonds is 7. The Labute approximate surface area is 114 Å². The molecular weight excluding hydrogens is 240 g/mol. The summed E-state index contributed by atoms with van der Waals surface area (Å²) in [4.78, 5) is 23.6. The Kier molecular flexibility index (Phi) is 4.58. The van der Waals surface area contributed by atoms with Crippen molar-refractivity contribution in [3.8, 4) is 0 Å². The van der Waals surface area contributed by atoms with Crippen LogP contribution < -0.4 is 10.5 Å². The monoisotopic (exact) mass is 264 g/mol. The van der Waals surface area contributed by atoms with E-state index >= 15 is 0 Å². The first-order valence-electron chi connectivity index (χ1n) is 7.11. The van der Waals surface area contributed by atoms with Crippen molar-refractivity contribution in [2.24, 2.45) is 0 Å². The van der Waals surface area contributed by atoms with Gasteiger partial charge >= 0.3 is 0 Å². The van der Waals surface area contributed by atoms with Crippen LogP contribution in [0.3, 0.4) is 0 Å². The van der Waals surface area contributed by atoms with Crippen molar-refractivity contribution in [3.63, 3.8) is 0 Å². The number of nitrogens with one attached hydrogen (secondary N) is 1. The SMILES string of the molecule is CCCN(CCN(C)C)c1cc(=O)[nH]c(C2CC2)n1. The third-order valence-electron chi connectivity index (χ3n) is 3.35. The Morgan fingerprint density at radius 1 is 1.32 bits per heavy atom. The van der Waals surface area contributed by atoms with Gasteiger partial charge < -0.3 is 14.8 Å². The predicted molar refractivity (Wildman–Crippen MR) is 77.9 cm³/mol. The molecule has 1 aromatic rings. The Bertz CT molecular complexity index is 465. The van der Waals surface area contributed by atoms with Crippen LogP contribution in [0.4, 0.5) is 5.82 Å². The molecule has 0 amide bonds. The van der Waals surface area contributed by atoms with Gasteiger partial charge in [-0.15, -0.1) is 0 Å². The first-order valence-corrected chi connectivity index (χ1v) is 7.11. The van der Waals surface area contributed by atoms with E-state index in [9.17, 15) is 4.79 Å². The van der Waals surface area contributed by atoms with Crippen molar-refractivity contribution in [1.29, 1.82) is 0 Å². The minimum absolute atomic E-state index is 0.0298. The smallest absolute Gasteiger partial charge is 0.252 e. The Morgan fingerprint density at radius 3 is 2.63 bits per heavy atom. The lowest BCUT2D eigenvalue weighted by Crippen LogP contribution is -2.34. The molecule has 19 heavy (non-hydrogen) atoms. The van der Waals surface area contributed by atoms with Crippen molar-refractivity contribution in [3.05, 3.63) is 22.2 Å². The van der Waals surface area contributed by atoms with Gasteiger partial charge in [-0.2, -0.15) is 0 Å². The fourth-order valence-electron chi connectivity index (χ4n) is 2.11. The van der Waals surface area contributed by atoms with E-state index in [1.807, 2.05) is 0 Å². The Balaban J connectivity index is 2.17. The first-order chi connectivity index (χ1) is 9.10. The van der Waals surface area contributed by atoms with Crippen molar-refractivity contribution >= 4 is 5.82 Å². The number of hydrogen-bond donors (Lipinski definition) is 1. The minimum Gasteiger partial charge on any atom is -0.355 e. The number of nitrogens with zero attached hydrogens (tertiary/aromatic N) is 3. The van der Waals surface area contributed by atoms with Crippen molar-refractivity contribution in [2.45, 2.75) is 32.1 Å². The van der Waals surface area contributed by atoms with E-state index in [4.69, 9.17) is 0 Å². The molecule has 0 radical (unpaired) electrons. The summed E-state index contributed by atoms with van der Waals surface area (Å²) in [5, 5.41) is 0. The molecule has 1 aromatic heterocycles. The first kappa shape index (κ1) is 14.1. The molecule has 1 heterocycles. The molecule has 0 aromatic carbocycles. The van der Waals surface area contributed by atoms with Crippen LogP contribution in [-0.2, 0) is 0 Å². The minimum atomic E-state index is -0.0298. The van der Waals surface area contributed by atoms with E-state index in [-0.39, 0.29) is 5.56 Å². The Hall–Kier alpha value is -1.36. The summed E-state index contributed by atoms with van der Waals surface area (Å²) in [6.07, 6.45) is 3.36. The lowest BCUT2D eigenvalue weighted by molar-refractivity contribution is 0.412. The molecule has 0 unspecified atom stereocenters. The number of hydrogen-bond acceptors (Lipinski definition) is 4. The maximum atomic E-state index is 11.8. The normalized spacial score (nSPS) is 14.9. The maximum Gasteiger partial charge on any atom is 0.252 e. The molecule has 0 spiro atoms. The van der Waals surface area contributed by atoms with Crippen LogP contribution in [0, 0.1) is 0 Å². The van der Waals surface area contributed by atoms with Crippen LogP contribution in [0.1, 0.15) is 37.9 Å². The second kappa shape index (κ2) is 6.19. The molecule has 1 aliphatic rings. The lowest BCUT2D eigenvalue weighted by atomic mass is 10.3. The van der Waals surface area contributed by atoms with E-state index in [1.165, 1.54) is 0 Å². The fraction of sp³-hybridized carbons (Fsp3) is 0.714. The second-order valence-corrected chi connectivity index (χ2v) is 5.55. The summed E-state index contributed by atoms with van der Waals surface area (Å²) < 4.78 is 0. The van der Waals surface area contributed by atoms with E-state index in [0.29, 0.717) is 5.92 Å². The fourth-order valence-corrected chi connectivity index (χ4v) is 2.11.